The van der Waals surface area contributed by atoms with Crippen LogP contribution in [0.5, 0.6) is 0 Å². The predicted octanol–water partition coefficient (Wildman–Crippen LogP) is 7.29. The maximum Gasteiger partial charge on any atom is 0.0692 e. The number of hydrogen-bond acceptors (Lipinski definition) is 1. The summed E-state index contributed by atoms with van der Waals surface area (Å²) in [7, 11) is 0. The number of nitrogens with zero attached hydrogens (tertiary/aromatic N) is 1. The van der Waals surface area contributed by atoms with E-state index in [-0.39, 0.29) is 5.41 Å². The van der Waals surface area contributed by atoms with Crippen LogP contribution in [0.1, 0.15) is 96.8 Å². The van der Waals surface area contributed by atoms with Crippen LogP contribution in [0.2, 0.25) is 0 Å². The molecule has 0 aromatic carbocycles. The summed E-state index contributed by atoms with van der Waals surface area (Å²) in [4.78, 5) is 0. The molecule has 0 atom stereocenters. The largest absolute Gasteiger partial charge is 0.198 e. The zero-order valence-electron chi connectivity index (χ0n) is 16.5. The Hall–Kier alpha value is -0.770. The Balaban J connectivity index is 1.51. The molecule has 0 unspecified atom stereocenters. The van der Waals surface area contributed by atoms with Gasteiger partial charge >= 0.3 is 0 Å². The van der Waals surface area contributed by atoms with Crippen molar-refractivity contribution in [3.63, 3.8) is 0 Å². The number of rotatable bonds is 5. The molecule has 0 spiro atoms. The fourth-order valence-corrected chi connectivity index (χ4v) is 6.50. The molecule has 0 aromatic rings. The lowest BCUT2D eigenvalue weighted by Gasteiger charge is -2.45. The first-order valence-electron chi connectivity index (χ1n) is 11.2. The average Bonchev–Trinajstić information content (AvgIpc) is 2.69. The Morgan fingerprint density at radius 2 is 1.52 bits per heavy atom. The van der Waals surface area contributed by atoms with Gasteiger partial charge < -0.3 is 0 Å². The summed E-state index contributed by atoms with van der Waals surface area (Å²) in [5.41, 5.74) is 0.0337. The molecular formula is C24H39N. The minimum absolute atomic E-state index is 0.0337. The van der Waals surface area contributed by atoms with E-state index in [1.165, 1.54) is 89.9 Å². The summed E-state index contributed by atoms with van der Waals surface area (Å²) < 4.78 is 0. The second kappa shape index (κ2) is 8.75. The van der Waals surface area contributed by atoms with Crippen LogP contribution in [0.3, 0.4) is 0 Å². The summed E-state index contributed by atoms with van der Waals surface area (Å²) in [5, 5.41) is 10.1. The normalized spacial score (nSPS) is 42.5. The van der Waals surface area contributed by atoms with E-state index in [1.54, 1.807) is 0 Å². The zero-order valence-corrected chi connectivity index (χ0v) is 16.5. The van der Waals surface area contributed by atoms with Crippen molar-refractivity contribution in [1.29, 1.82) is 5.26 Å². The van der Waals surface area contributed by atoms with Gasteiger partial charge in [0.25, 0.3) is 0 Å². The number of hydrogen-bond donors (Lipinski definition) is 0. The van der Waals surface area contributed by atoms with Crippen molar-refractivity contribution < 1.29 is 0 Å². The van der Waals surface area contributed by atoms with Gasteiger partial charge in [-0.25, -0.2) is 0 Å². The van der Waals surface area contributed by atoms with E-state index in [9.17, 15) is 5.26 Å². The van der Waals surface area contributed by atoms with Crippen molar-refractivity contribution in [1.82, 2.24) is 0 Å². The lowest BCUT2D eigenvalue weighted by molar-refractivity contribution is 0.0626. The number of nitriles is 1. The molecule has 0 bridgehead atoms. The monoisotopic (exact) mass is 341 g/mol. The number of allylic oxidation sites excluding steroid dienone is 1. The molecule has 0 aromatic heterocycles. The molecule has 25 heavy (non-hydrogen) atoms. The molecule has 3 saturated carbocycles. The fourth-order valence-electron chi connectivity index (χ4n) is 6.50. The maximum absolute atomic E-state index is 10.1. The molecule has 0 heterocycles. The van der Waals surface area contributed by atoms with Gasteiger partial charge in [-0.1, -0.05) is 38.7 Å². The summed E-state index contributed by atoms with van der Waals surface area (Å²) in [5.74, 6) is 4.27. The van der Waals surface area contributed by atoms with E-state index >= 15 is 0 Å². The third kappa shape index (κ3) is 4.32. The van der Waals surface area contributed by atoms with Crippen LogP contribution in [0.25, 0.3) is 0 Å². The molecule has 3 rings (SSSR count). The van der Waals surface area contributed by atoms with Crippen molar-refractivity contribution in [2.24, 2.45) is 35.0 Å². The van der Waals surface area contributed by atoms with Gasteiger partial charge in [-0.2, -0.15) is 5.26 Å². The molecule has 0 aliphatic heterocycles. The van der Waals surface area contributed by atoms with Crippen LogP contribution in [-0.4, -0.2) is 0 Å². The SMILES string of the molecule is C=CC1CCC(C2CCC(C#N)(C3CCC(CCC)CC3)CC2)CC1. The van der Waals surface area contributed by atoms with Gasteiger partial charge in [0, 0.05) is 0 Å². The highest BCUT2D eigenvalue weighted by molar-refractivity contribution is 5.06. The highest BCUT2D eigenvalue weighted by Crippen LogP contribution is 2.52. The van der Waals surface area contributed by atoms with Gasteiger partial charge in [0.15, 0.2) is 0 Å². The molecule has 0 saturated heterocycles. The van der Waals surface area contributed by atoms with E-state index in [2.05, 4.69) is 25.6 Å². The van der Waals surface area contributed by atoms with Crippen molar-refractivity contribution in [3.8, 4) is 6.07 Å². The third-order valence-electron chi connectivity index (χ3n) is 8.29. The van der Waals surface area contributed by atoms with Gasteiger partial charge in [-0.15, -0.1) is 6.58 Å². The van der Waals surface area contributed by atoms with Crippen LogP contribution in [0, 0.1) is 46.3 Å². The maximum atomic E-state index is 10.1. The Labute approximate surface area is 156 Å². The second-order valence-electron chi connectivity index (χ2n) is 9.52. The molecule has 0 radical (unpaired) electrons. The first-order valence-corrected chi connectivity index (χ1v) is 11.2. The Morgan fingerprint density at radius 1 is 0.920 bits per heavy atom. The Kier molecular flexibility index (Phi) is 6.65. The van der Waals surface area contributed by atoms with Gasteiger partial charge in [-0.3, -0.25) is 0 Å². The van der Waals surface area contributed by atoms with Crippen LogP contribution in [0.4, 0.5) is 0 Å². The van der Waals surface area contributed by atoms with E-state index < -0.39 is 0 Å². The topological polar surface area (TPSA) is 23.8 Å². The Bertz CT molecular complexity index is 449. The molecule has 3 fully saturated rings. The minimum atomic E-state index is 0.0337. The van der Waals surface area contributed by atoms with Crippen molar-refractivity contribution in [3.05, 3.63) is 12.7 Å². The van der Waals surface area contributed by atoms with E-state index in [4.69, 9.17) is 0 Å². The standard InChI is InChI=1S/C24H39N/c1-3-5-20-8-12-23(13-9-20)24(18-25)16-14-22(15-17-24)21-10-6-19(4-2)7-11-21/h4,19-23H,2-3,5-17H2,1H3. The van der Waals surface area contributed by atoms with Crippen LogP contribution in [0.15, 0.2) is 12.7 Å². The smallest absolute Gasteiger partial charge is 0.0692 e. The molecule has 3 aliphatic rings. The Morgan fingerprint density at radius 3 is 2.04 bits per heavy atom. The fraction of sp³-hybridized carbons (Fsp3) is 0.875. The summed E-state index contributed by atoms with van der Waals surface area (Å²) in [6.07, 6.45) is 20.9. The molecule has 0 N–H and O–H groups in total. The minimum Gasteiger partial charge on any atom is -0.198 e. The molecule has 1 heteroatoms. The molecule has 3 aliphatic carbocycles. The first-order chi connectivity index (χ1) is 12.2. The quantitative estimate of drug-likeness (QED) is 0.482. The molecule has 1 nitrogen and oxygen atoms in total. The lowest BCUT2D eigenvalue weighted by atomic mass is 9.58. The third-order valence-corrected chi connectivity index (χ3v) is 8.29. The van der Waals surface area contributed by atoms with E-state index in [0.717, 1.165) is 23.7 Å². The average molecular weight is 342 g/mol. The van der Waals surface area contributed by atoms with Crippen LogP contribution < -0.4 is 0 Å². The summed E-state index contributed by atoms with van der Waals surface area (Å²) in [6.45, 7) is 6.30. The van der Waals surface area contributed by atoms with Crippen molar-refractivity contribution in [2.75, 3.05) is 0 Å². The van der Waals surface area contributed by atoms with Gasteiger partial charge in [-0.05, 0) is 93.8 Å². The van der Waals surface area contributed by atoms with E-state index in [0.29, 0.717) is 5.92 Å². The molecular weight excluding hydrogens is 302 g/mol. The predicted molar refractivity (Wildman–Crippen MR) is 106 cm³/mol. The first kappa shape index (κ1) is 19.0. The van der Waals surface area contributed by atoms with Gasteiger partial charge in [0.05, 0.1) is 11.5 Å². The molecule has 0 amide bonds. The van der Waals surface area contributed by atoms with Gasteiger partial charge in [0.2, 0.25) is 0 Å². The van der Waals surface area contributed by atoms with Crippen LogP contribution in [-0.2, 0) is 0 Å². The highest BCUT2D eigenvalue weighted by Gasteiger charge is 2.44. The zero-order chi connectivity index (χ0) is 17.7. The van der Waals surface area contributed by atoms with Crippen molar-refractivity contribution in [2.45, 2.75) is 96.8 Å². The molecule has 140 valence electrons. The van der Waals surface area contributed by atoms with E-state index in [1.807, 2.05) is 0 Å². The highest BCUT2D eigenvalue weighted by atomic mass is 14.5. The second-order valence-corrected chi connectivity index (χ2v) is 9.52. The van der Waals surface area contributed by atoms with Crippen molar-refractivity contribution >= 4 is 0 Å². The van der Waals surface area contributed by atoms with Gasteiger partial charge in [0.1, 0.15) is 0 Å². The summed E-state index contributed by atoms with van der Waals surface area (Å²) >= 11 is 0. The lowest BCUT2D eigenvalue weighted by Crippen LogP contribution is -2.37. The summed E-state index contributed by atoms with van der Waals surface area (Å²) in [6, 6.07) is 2.86. The van der Waals surface area contributed by atoms with Crippen LogP contribution >= 0.6 is 0 Å².